The van der Waals surface area contributed by atoms with Crippen molar-refractivity contribution < 1.29 is 34.2 Å². The van der Waals surface area contributed by atoms with Crippen molar-refractivity contribution in [1.29, 1.82) is 0 Å². The van der Waals surface area contributed by atoms with Gasteiger partial charge in [0.25, 0.3) is 0 Å². The van der Waals surface area contributed by atoms with Gasteiger partial charge in [-0.15, -0.1) is 0 Å². The number of likely N-dealkylation sites (N-methyl/N-ethyl adjacent to an activating group) is 1. The number of nitrogens with one attached hydrogen (secondary N) is 3. The zero-order valence-electron chi connectivity index (χ0n) is 31.4. The second kappa shape index (κ2) is 22.2. The molecular formula is C41H57N5O7. The van der Waals surface area contributed by atoms with Gasteiger partial charge < -0.3 is 36.0 Å². The smallest absolute Gasteiger partial charge is 0.250 e. The van der Waals surface area contributed by atoms with Gasteiger partial charge in [0.05, 0.1) is 6.54 Å². The average molecular weight is 732 g/mol. The summed E-state index contributed by atoms with van der Waals surface area (Å²) in [5.41, 5.74) is 3.55. The molecule has 0 aliphatic carbocycles. The molecule has 3 atom stereocenters. The van der Waals surface area contributed by atoms with Crippen LogP contribution in [0.3, 0.4) is 0 Å². The maximum atomic E-state index is 14.0. The Hall–Kier alpha value is -4.97. The van der Waals surface area contributed by atoms with Gasteiger partial charge in [-0.25, -0.2) is 0 Å². The van der Waals surface area contributed by atoms with E-state index < -0.39 is 12.1 Å². The summed E-state index contributed by atoms with van der Waals surface area (Å²) in [5.74, 6) is -0.895. The van der Waals surface area contributed by atoms with Crippen LogP contribution in [0.4, 0.5) is 0 Å². The summed E-state index contributed by atoms with van der Waals surface area (Å²) in [6.07, 6.45) is 8.77. The molecule has 12 nitrogen and oxygen atoms in total. The number of phenolic OH excluding ortho intramolecular Hbond substituents is 1. The predicted molar refractivity (Wildman–Crippen MR) is 206 cm³/mol. The molecular weight excluding hydrogens is 674 g/mol. The molecule has 2 aromatic carbocycles. The van der Waals surface area contributed by atoms with Crippen molar-refractivity contribution in [2.45, 2.75) is 83.7 Å². The Kier molecular flexibility index (Phi) is 17.8. The number of benzene rings is 2. The first-order valence-electron chi connectivity index (χ1n) is 18.6. The van der Waals surface area contributed by atoms with Crippen LogP contribution in [0.1, 0.15) is 81.9 Å². The lowest BCUT2D eigenvalue weighted by molar-refractivity contribution is -0.145. The molecule has 2 unspecified atom stereocenters. The van der Waals surface area contributed by atoms with E-state index >= 15 is 0 Å². The number of amides is 4. The quantitative estimate of drug-likeness (QED) is 0.114. The van der Waals surface area contributed by atoms with Gasteiger partial charge in [0, 0.05) is 51.8 Å². The number of aliphatic hydroxyl groups excluding tert-OH is 1. The Balaban J connectivity index is 1.51. The zero-order chi connectivity index (χ0) is 38.8. The minimum atomic E-state index is -0.939. The average Bonchev–Trinajstić information content (AvgIpc) is 3.63. The predicted octanol–water partition coefficient (Wildman–Crippen LogP) is 3.82. The van der Waals surface area contributed by atoms with Gasteiger partial charge in [-0.2, -0.15) is 0 Å². The molecule has 288 valence electrons. The number of carbonyl (C=O) groups is 5. The molecule has 4 amide bonds. The Morgan fingerprint density at radius 1 is 0.981 bits per heavy atom. The highest BCUT2D eigenvalue weighted by Crippen LogP contribution is 2.22. The molecule has 1 aliphatic heterocycles. The van der Waals surface area contributed by atoms with Crippen LogP contribution in [0.15, 0.2) is 61.2 Å². The Labute approximate surface area is 313 Å². The maximum absolute atomic E-state index is 14.0. The van der Waals surface area contributed by atoms with Crippen molar-refractivity contribution in [3.8, 4) is 5.75 Å². The van der Waals surface area contributed by atoms with Crippen molar-refractivity contribution in [3.63, 3.8) is 0 Å². The van der Waals surface area contributed by atoms with Crippen molar-refractivity contribution in [2.24, 2.45) is 5.92 Å². The topological polar surface area (TPSA) is 168 Å². The van der Waals surface area contributed by atoms with Crippen LogP contribution in [-0.2, 0) is 30.4 Å². The van der Waals surface area contributed by atoms with Crippen LogP contribution >= 0.6 is 0 Å². The molecule has 53 heavy (non-hydrogen) atoms. The first-order chi connectivity index (χ1) is 25.4. The molecule has 1 saturated heterocycles. The third-order valence-corrected chi connectivity index (χ3v) is 9.38. The number of unbranched alkanes of at least 4 members (excludes halogenated alkanes) is 2. The van der Waals surface area contributed by atoms with Crippen molar-refractivity contribution in [1.82, 2.24) is 25.8 Å². The number of hydrogen-bond donors (Lipinski definition) is 5. The Bertz CT molecular complexity index is 1560. The van der Waals surface area contributed by atoms with Gasteiger partial charge >= 0.3 is 0 Å². The first kappa shape index (κ1) is 42.4. The van der Waals surface area contributed by atoms with Gasteiger partial charge in [0.1, 0.15) is 23.6 Å². The molecule has 3 rings (SSSR count). The lowest BCUT2D eigenvalue weighted by Crippen LogP contribution is -2.53. The number of carbonyl (C=O) groups excluding carboxylic acids is 5. The summed E-state index contributed by atoms with van der Waals surface area (Å²) in [6.45, 7) is 9.04. The molecule has 1 aliphatic rings. The third-order valence-electron chi connectivity index (χ3n) is 9.38. The molecule has 2 aromatic rings. The van der Waals surface area contributed by atoms with Gasteiger partial charge in [-0.1, -0.05) is 68.5 Å². The summed E-state index contributed by atoms with van der Waals surface area (Å²) >= 11 is 0. The highest BCUT2D eigenvalue weighted by molar-refractivity contribution is 5.94. The van der Waals surface area contributed by atoms with E-state index in [1.54, 1.807) is 48.4 Å². The van der Waals surface area contributed by atoms with Crippen molar-refractivity contribution in [3.05, 3.63) is 77.9 Å². The lowest BCUT2D eigenvalue weighted by Gasteiger charge is -2.32. The van der Waals surface area contributed by atoms with E-state index in [0.717, 1.165) is 48.2 Å². The minimum Gasteiger partial charge on any atom is -0.508 e. The molecule has 0 saturated carbocycles. The Morgan fingerprint density at radius 3 is 2.38 bits per heavy atom. The van der Waals surface area contributed by atoms with Crippen LogP contribution in [-0.4, -0.2) is 101 Å². The molecule has 12 heteroatoms. The summed E-state index contributed by atoms with van der Waals surface area (Å²) in [6, 6.07) is 12.9. The summed E-state index contributed by atoms with van der Waals surface area (Å²) in [4.78, 5) is 66.3. The molecule has 0 spiro atoms. The molecule has 0 aromatic heterocycles. The second-order valence-electron chi connectivity index (χ2n) is 13.8. The number of aliphatic hydroxyl groups is 1. The summed E-state index contributed by atoms with van der Waals surface area (Å²) in [7, 11) is 1.59. The SMILES string of the molecule is C=C(NCCCCCC(=O)NCC(C)=O)c1ccc(CCNC(=O)C2CCCN2C(=O)C(/C=C\c2ccc(O)cc2)N(C)C(=O)C[C@H](C)CCO)cc1. The van der Waals surface area contributed by atoms with E-state index in [1.165, 1.54) is 11.8 Å². The fourth-order valence-corrected chi connectivity index (χ4v) is 6.12. The molecule has 0 bridgehead atoms. The number of phenols is 1. The van der Waals surface area contributed by atoms with E-state index in [-0.39, 0.29) is 60.7 Å². The van der Waals surface area contributed by atoms with E-state index in [0.29, 0.717) is 45.2 Å². The van der Waals surface area contributed by atoms with Crippen molar-refractivity contribution >= 4 is 41.2 Å². The summed E-state index contributed by atoms with van der Waals surface area (Å²) < 4.78 is 0. The van der Waals surface area contributed by atoms with Crippen LogP contribution in [0.2, 0.25) is 0 Å². The number of Topliss-reactive ketones (excluding diaryl/α,β-unsaturated/α-hetero) is 1. The van der Waals surface area contributed by atoms with Crippen LogP contribution in [0, 0.1) is 5.92 Å². The number of nitrogens with zero attached hydrogens (tertiary/aromatic N) is 2. The molecule has 5 N–H and O–H groups in total. The molecule has 0 radical (unpaired) electrons. The van der Waals surface area contributed by atoms with Crippen LogP contribution in [0.5, 0.6) is 5.75 Å². The van der Waals surface area contributed by atoms with E-state index in [2.05, 4.69) is 22.5 Å². The normalized spacial score (nSPS) is 15.1. The van der Waals surface area contributed by atoms with Gasteiger partial charge in [0.2, 0.25) is 23.6 Å². The number of aromatic hydroxyl groups is 1. The molecule has 1 fully saturated rings. The fraction of sp³-hybridized carbons (Fsp3) is 0.488. The minimum absolute atomic E-state index is 0.0256. The van der Waals surface area contributed by atoms with E-state index in [9.17, 15) is 34.2 Å². The van der Waals surface area contributed by atoms with Gasteiger partial charge in [0.15, 0.2) is 0 Å². The highest BCUT2D eigenvalue weighted by Gasteiger charge is 2.38. The van der Waals surface area contributed by atoms with Crippen LogP contribution < -0.4 is 16.0 Å². The standard InChI is InChI=1S/C41H57N5O7/c1-29(22-26-47)27-39(51)45(4)37(20-15-32-13-18-35(49)19-14-32)41(53)46-25-8-9-36(46)40(52)43-24-21-33-11-16-34(17-12-33)31(3)42-23-7-5-6-10-38(50)44-28-30(2)48/h11-20,29,36-37,42,47,49H,3,5-10,21-28H2,1-2,4H3,(H,43,52)(H,44,50)/b20-15-/t29-,36?,37?/m1/s1. The van der Waals surface area contributed by atoms with Gasteiger partial charge in [-0.3, -0.25) is 24.0 Å². The third kappa shape index (κ3) is 14.5. The number of hydrogen-bond acceptors (Lipinski definition) is 8. The zero-order valence-corrected chi connectivity index (χ0v) is 31.4. The van der Waals surface area contributed by atoms with E-state index in [1.807, 2.05) is 31.2 Å². The second-order valence-corrected chi connectivity index (χ2v) is 13.8. The first-order valence-corrected chi connectivity index (χ1v) is 18.6. The van der Waals surface area contributed by atoms with Gasteiger partial charge in [-0.05, 0) is 80.2 Å². The highest BCUT2D eigenvalue weighted by atomic mass is 16.3. The molecule has 1 heterocycles. The summed E-state index contributed by atoms with van der Waals surface area (Å²) in [5, 5.41) is 27.9. The lowest BCUT2D eigenvalue weighted by atomic mass is 10.0. The fourth-order valence-electron chi connectivity index (χ4n) is 6.12. The monoisotopic (exact) mass is 731 g/mol. The van der Waals surface area contributed by atoms with Crippen LogP contribution in [0.25, 0.3) is 11.8 Å². The van der Waals surface area contributed by atoms with E-state index in [4.69, 9.17) is 0 Å². The number of likely N-dealkylation sites (tertiary alicyclic amines) is 1. The number of ketones is 1. The number of rotatable bonds is 22. The van der Waals surface area contributed by atoms with Crippen molar-refractivity contribution in [2.75, 3.05) is 39.8 Å². The largest absolute Gasteiger partial charge is 0.508 e. The Morgan fingerprint density at radius 2 is 1.70 bits per heavy atom. The maximum Gasteiger partial charge on any atom is 0.250 e.